The largest absolute Gasteiger partial charge is 0.494 e. The molecule has 0 radical (unpaired) electrons. The molecule has 5 heteroatoms. The molecule has 2 aromatic carbocycles. The van der Waals surface area contributed by atoms with E-state index < -0.39 is 11.6 Å². The number of ketones is 1. The summed E-state index contributed by atoms with van der Waals surface area (Å²) in [7, 11) is 1.35. The normalized spacial score (nSPS) is 10.4. The average Bonchev–Trinajstić information content (AvgIpc) is 2.42. The lowest BCUT2D eigenvalue weighted by Gasteiger charge is -2.06. The smallest absolute Gasteiger partial charge is 0.167 e. The summed E-state index contributed by atoms with van der Waals surface area (Å²) in [6, 6.07) is 8.11. The second-order valence-electron chi connectivity index (χ2n) is 4.19. The lowest BCUT2D eigenvalue weighted by atomic mass is 10.0. The Morgan fingerprint density at radius 2 is 1.95 bits per heavy atom. The highest BCUT2D eigenvalue weighted by Crippen LogP contribution is 2.22. The van der Waals surface area contributed by atoms with Crippen LogP contribution < -0.4 is 4.74 Å². The second-order valence-corrected chi connectivity index (χ2v) is 5.04. The number of methoxy groups -OCH3 is 1. The lowest BCUT2D eigenvalue weighted by molar-refractivity contribution is 0.0992. The molecular formula is C15H11BrF2O2. The predicted octanol–water partition coefficient (Wildman–Crippen LogP) is 4.16. The molecule has 0 heterocycles. The van der Waals surface area contributed by atoms with Crippen LogP contribution in [0.1, 0.15) is 15.9 Å². The molecule has 0 aliphatic carbocycles. The Morgan fingerprint density at radius 1 is 1.20 bits per heavy atom. The second kappa shape index (κ2) is 6.13. The van der Waals surface area contributed by atoms with Gasteiger partial charge in [0.15, 0.2) is 17.3 Å². The van der Waals surface area contributed by atoms with Gasteiger partial charge in [-0.25, -0.2) is 8.78 Å². The van der Waals surface area contributed by atoms with Gasteiger partial charge in [-0.15, -0.1) is 0 Å². The Morgan fingerprint density at radius 3 is 2.60 bits per heavy atom. The van der Waals surface area contributed by atoms with Crippen LogP contribution in [0, 0.1) is 11.6 Å². The summed E-state index contributed by atoms with van der Waals surface area (Å²) in [6.45, 7) is 0. The van der Waals surface area contributed by atoms with Gasteiger partial charge < -0.3 is 4.74 Å². The summed E-state index contributed by atoms with van der Waals surface area (Å²) in [6.07, 6.45) is -0.00981. The first-order valence-electron chi connectivity index (χ1n) is 5.82. The first-order chi connectivity index (χ1) is 9.51. The van der Waals surface area contributed by atoms with Crippen LogP contribution in [0.2, 0.25) is 0 Å². The van der Waals surface area contributed by atoms with E-state index in [0.29, 0.717) is 10.0 Å². The van der Waals surface area contributed by atoms with Crippen LogP contribution >= 0.6 is 15.9 Å². The number of carbonyl (C=O) groups excluding carboxylic acids is 1. The summed E-state index contributed by atoms with van der Waals surface area (Å²) in [5.41, 5.74) is 0.741. The highest BCUT2D eigenvalue weighted by molar-refractivity contribution is 9.10. The van der Waals surface area contributed by atoms with Crippen LogP contribution in [0.4, 0.5) is 8.78 Å². The van der Waals surface area contributed by atoms with E-state index in [4.69, 9.17) is 4.74 Å². The number of halogens is 3. The van der Waals surface area contributed by atoms with Crippen LogP contribution in [-0.4, -0.2) is 12.9 Å². The van der Waals surface area contributed by atoms with Gasteiger partial charge in [-0.2, -0.15) is 0 Å². The zero-order chi connectivity index (χ0) is 14.7. The predicted molar refractivity (Wildman–Crippen MR) is 75.1 cm³/mol. The topological polar surface area (TPSA) is 26.3 Å². The molecule has 20 heavy (non-hydrogen) atoms. The Labute approximate surface area is 123 Å². The van der Waals surface area contributed by atoms with E-state index in [-0.39, 0.29) is 23.5 Å². The molecule has 0 aromatic heterocycles. The van der Waals surface area contributed by atoms with Gasteiger partial charge in [0.2, 0.25) is 0 Å². The molecule has 2 nitrogen and oxygen atoms in total. The van der Waals surface area contributed by atoms with Crippen molar-refractivity contribution < 1.29 is 18.3 Å². The molecule has 0 fully saturated rings. The van der Waals surface area contributed by atoms with Crippen molar-refractivity contribution >= 4 is 21.7 Å². The minimum Gasteiger partial charge on any atom is -0.494 e. The van der Waals surface area contributed by atoms with E-state index >= 15 is 0 Å². The number of Topliss-reactive ketones (excluding diaryl/α,β-unsaturated/α-hetero) is 1. The minimum atomic E-state index is -0.600. The minimum absolute atomic E-state index is 0.00981. The maximum absolute atomic E-state index is 13.5. The van der Waals surface area contributed by atoms with Crippen molar-refractivity contribution in [3.8, 4) is 5.75 Å². The van der Waals surface area contributed by atoms with Gasteiger partial charge in [-0.3, -0.25) is 4.79 Å². The first-order valence-corrected chi connectivity index (χ1v) is 6.61. The fourth-order valence-electron chi connectivity index (χ4n) is 1.79. The molecule has 0 unspecified atom stereocenters. The third-order valence-corrected chi connectivity index (χ3v) is 3.61. The van der Waals surface area contributed by atoms with Crippen molar-refractivity contribution in [2.75, 3.05) is 7.11 Å². The number of carbonyl (C=O) groups is 1. The summed E-state index contributed by atoms with van der Waals surface area (Å²) in [5, 5.41) is 0. The van der Waals surface area contributed by atoms with Gasteiger partial charge in [-0.05, 0) is 42.0 Å². The molecule has 2 rings (SSSR count). The van der Waals surface area contributed by atoms with Crippen LogP contribution in [-0.2, 0) is 6.42 Å². The summed E-state index contributed by atoms with van der Waals surface area (Å²) in [4.78, 5) is 12.1. The Balaban J connectivity index is 2.24. The number of rotatable bonds is 4. The van der Waals surface area contributed by atoms with Crippen LogP contribution in [0.5, 0.6) is 5.75 Å². The van der Waals surface area contributed by atoms with Gasteiger partial charge in [0.05, 0.1) is 7.11 Å². The SMILES string of the molecule is COc1ccc(C(=O)Cc2cc(F)ccc2Br)cc1F. The van der Waals surface area contributed by atoms with E-state index in [1.807, 2.05) is 0 Å². The number of hydrogen-bond donors (Lipinski definition) is 0. The molecule has 0 amide bonds. The zero-order valence-corrected chi connectivity index (χ0v) is 12.2. The molecule has 0 N–H and O–H groups in total. The fourth-order valence-corrected chi connectivity index (χ4v) is 2.18. The molecule has 0 atom stereocenters. The van der Waals surface area contributed by atoms with Crippen molar-refractivity contribution in [1.29, 1.82) is 0 Å². The molecule has 0 bridgehead atoms. The highest BCUT2D eigenvalue weighted by Gasteiger charge is 2.13. The maximum Gasteiger partial charge on any atom is 0.167 e. The number of benzene rings is 2. The maximum atomic E-state index is 13.5. The third-order valence-electron chi connectivity index (χ3n) is 2.83. The van der Waals surface area contributed by atoms with E-state index in [1.54, 1.807) is 0 Å². The van der Waals surface area contributed by atoms with E-state index in [1.165, 1.54) is 37.4 Å². The standard InChI is InChI=1S/C15H11BrF2O2/c1-20-15-5-2-9(7-13(15)18)14(19)8-10-6-11(17)3-4-12(10)16/h2-7H,8H2,1H3. The van der Waals surface area contributed by atoms with E-state index in [2.05, 4.69) is 15.9 Å². The van der Waals surface area contributed by atoms with E-state index in [9.17, 15) is 13.6 Å². The Hall–Kier alpha value is -1.75. The molecule has 0 saturated heterocycles. The van der Waals surface area contributed by atoms with Gasteiger partial charge in [-0.1, -0.05) is 15.9 Å². The van der Waals surface area contributed by atoms with Crippen molar-refractivity contribution in [1.82, 2.24) is 0 Å². The lowest BCUT2D eigenvalue weighted by Crippen LogP contribution is -2.05. The van der Waals surface area contributed by atoms with Crippen LogP contribution in [0.3, 0.4) is 0 Å². The molecule has 0 spiro atoms. The first kappa shape index (κ1) is 14.7. The molecule has 0 aliphatic heterocycles. The zero-order valence-electron chi connectivity index (χ0n) is 10.6. The molecule has 0 saturated carbocycles. The van der Waals surface area contributed by atoms with Crippen LogP contribution in [0.15, 0.2) is 40.9 Å². The summed E-state index contributed by atoms with van der Waals surface area (Å²) < 4.78 is 32.1. The van der Waals surface area contributed by atoms with Crippen molar-refractivity contribution in [2.24, 2.45) is 0 Å². The van der Waals surface area contributed by atoms with E-state index in [0.717, 1.165) is 6.07 Å². The van der Waals surface area contributed by atoms with Crippen molar-refractivity contribution in [3.05, 3.63) is 63.6 Å². The van der Waals surface area contributed by atoms with Crippen molar-refractivity contribution in [2.45, 2.75) is 6.42 Å². The summed E-state index contributed by atoms with van der Waals surface area (Å²) >= 11 is 3.26. The molecule has 2 aromatic rings. The molecular weight excluding hydrogens is 330 g/mol. The third kappa shape index (κ3) is 3.22. The van der Waals surface area contributed by atoms with Gasteiger partial charge in [0, 0.05) is 16.5 Å². The van der Waals surface area contributed by atoms with Crippen LogP contribution in [0.25, 0.3) is 0 Å². The van der Waals surface area contributed by atoms with Crippen molar-refractivity contribution in [3.63, 3.8) is 0 Å². The highest BCUT2D eigenvalue weighted by atomic mass is 79.9. The number of ether oxygens (including phenoxy) is 1. The van der Waals surface area contributed by atoms with Gasteiger partial charge >= 0.3 is 0 Å². The van der Waals surface area contributed by atoms with Gasteiger partial charge in [0.1, 0.15) is 5.82 Å². The fraction of sp³-hybridized carbons (Fsp3) is 0.133. The molecule has 104 valence electrons. The average molecular weight is 341 g/mol. The number of hydrogen-bond acceptors (Lipinski definition) is 2. The van der Waals surface area contributed by atoms with Gasteiger partial charge in [0.25, 0.3) is 0 Å². The Bertz CT molecular complexity index is 656. The Kier molecular flexibility index (Phi) is 4.49. The monoisotopic (exact) mass is 340 g/mol. The summed E-state index contributed by atoms with van der Waals surface area (Å²) in [5.74, 6) is -1.24. The quantitative estimate of drug-likeness (QED) is 0.781. The molecule has 0 aliphatic rings.